The van der Waals surface area contributed by atoms with Crippen LogP contribution in [-0.2, 0) is 57.9 Å². The number of benzene rings is 1. The number of aliphatic carboxylic acids is 1. The summed E-state index contributed by atoms with van der Waals surface area (Å²) in [6.07, 6.45) is 1.41. The first-order valence-corrected chi connectivity index (χ1v) is 17.8. The van der Waals surface area contributed by atoms with Crippen LogP contribution in [-0.4, -0.2) is 105 Å². The highest BCUT2D eigenvalue weighted by Gasteiger charge is 2.42. The summed E-state index contributed by atoms with van der Waals surface area (Å²) >= 11 is 0. The highest BCUT2D eigenvalue weighted by Crippen LogP contribution is 2.50. The van der Waals surface area contributed by atoms with E-state index in [1.54, 1.807) is 4.57 Å². The Morgan fingerprint density at radius 2 is 1.80 bits per heavy atom. The van der Waals surface area contributed by atoms with Crippen LogP contribution in [0.3, 0.4) is 0 Å². The van der Waals surface area contributed by atoms with E-state index in [-0.39, 0.29) is 48.9 Å². The number of rotatable bonds is 20. The Bertz CT molecular complexity index is 1870. The van der Waals surface area contributed by atoms with Crippen molar-refractivity contribution in [1.29, 1.82) is 0 Å². The SMILES string of the molecule is C=CCOC(=O)N[C@@H](COP(=O)(OCC=C)OC[C@H]1O[C@@H](n2cnc3c(NC(=O)Cc4ccccc4)ncnc32)C[C@@H]1OC(C)=O)C(=O)N[C@@H](C)C(=O)O. The molecule has 3 aromatic rings. The largest absolute Gasteiger partial charge is 0.480 e. The van der Waals surface area contributed by atoms with Crippen LogP contribution in [0.1, 0.15) is 32.1 Å². The number of carbonyl (C=O) groups is 5. The Morgan fingerprint density at radius 1 is 1.06 bits per heavy atom. The Labute approximate surface area is 308 Å². The average Bonchev–Trinajstić information content (AvgIpc) is 3.75. The van der Waals surface area contributed by atoms with Gasteiger partial charge in [0.25, 0.3) is 0 Å². The van der Waals surface area contributed by atoms with E-state index < -0.39 is 75.5 Å². The molecule has 0 spiro atoms. The predicted molar refractivity (Wildman–Crippen MR) is 188 cm³/mol. The number of phosphoric acid groups is 1. The van der Waals surface area contributed by atoms with Crippen molar-refractivity contribution >= 4 is 54.7 Å². The number of fused-ring (bicyclic) bond motifs is 1. The third-order valence-electron chi connectivity index (χ3n) is 7.45. The molecule has 6 atom stereocenters. The van der Waals surface area contributed by atoms with E-state index in [0.717, 1.165) is 5.56 Å². The number of carbonyl (C=O) groups excluding carboxylic acids is 4. The summed E-state index contributed by atoms with van der Waals surface area (Å²) in [4.78, 5) is 74.0. The van der Waals surface area contributed by atoms with Crippen LogP contribution in [0.2, 0.25) is 0 Å². The number of carboxylic acid groups (broad SMARTS) is 1. The van der Waals surface area contributed by atoms with Gasteiger partial charge >= 0.3 is 25.9 Å². The lowest BCUT2D eigenvalue weighted by atomic mass is 10.1. The minimum atomic E-state index is -4.60. The zero-order valence-corrected chi connectivity index (χ0v) is 30.2. The fraction of sp³-hybridized carbons (Fsp3) is 0.394. The molecule has 20 nitrogen and oxygen atoms in total. The van der Waals surface area contributed by atoms with Crippen LogP contribution < -0.4 is 16.0 Å². The van der Waals surface area contributed by atoms with E-state index >= 15 is 0 Å². The number of anilines is 1. The van der Waals surface area contributed by atoms with Crippen molar-refractivity contribution in [3.8, 4) is 0 Å². The molecule has 1 aliphatic rings. The van der Waals surface area contributed by atoms with Crippen molar-refractivity contribution in [3.05, 3.63) is 73.9 Å². The second-order valence-corrected chi connectivity index (χ2v) is 13.2. The molecule has 290 valence electrons. The van der Waals surface area contributed by atoms with Gasteiger partial charge in [0, 0.05) is 13.3 Å². The molecule has 4 N–H and O–H groups in total. The average molecular weight is 774 g/mol. The molecule has 21 heteroatoms. The highest BCUT2D eigenvalue weighted by molar-refractivity contribution is 7.48. The lowest BCUT2D eigenvalue weighted by molar-refractivity contribution is -0.150. The number of nitrogens with one attached hydrogen (secondary N) is 3. The lowest BCUT2D eigenvalue weighted by Crippen LogP contribution is -2.52. The number of esters is 1. The maximum absolute atomic E-state index is 13.8. The molecule has 1 aliphatic heterocycles. The summed E-state index contributed by atoms with van der Waals surface area (Å²) in [5, 5.41) is 16.3. The predicted octanol–water partition coefficient (Wildman–Crippen LogP) is 2.44. The zero-order valence-electron chi connectivity index (χ0n) is 29.3. The second kappa shape index (κ2) is 19.5. The first-order chi connectivity index (χ1) is 25.8. The van der Waals surface area contributed by atoms with Gasteiger partial charge in [-0.2, -0.15) is 0 Å². The van der Waals surface area contributed by atoms with E-state index in [9.17, 15) is 33.6 Å². The van der Waals surface area contributed by atoms with Crippen LogP contribution in [0.25, 0.3) is 11.2 Å². The van der Waals surface area contributed by atoms with Gasteiger partial charge in [-0.1, -0.05) is 49.1 Å². The number of phosphoric ester groups is 1. The molecule has 0 saturated carbocycles. The molecule has 1 aromatic carbocycles. The Hall–Kier alpha value is -5.53. The van der Waals surface area contributed by atoms with Gasteiger partial charge in [-0.15, -0.1) is 6.58 Å². The van der Waals surface area contributed by atoms with Crippen molar-refractivity contribution in [3.63, 3.8) is 0 Å². The van der Waals surface area contributed by atoms with Crippen LogP contribution in [0.4, 0.5) is 10.6 Å². The summed E-state index contributed by atoms with van der Waals surface area (Å²) in [6.45, 7) is 7.39. The van der Waals surface area contributed by atoms with E-state index in [0.29, 0.717) is 0 Å². The van der Waals surface area contributed by atoms with E-state index in [1.165, 1.54) is 38.7 Å². The quantitative estimate of drug-likeness (QED) is 0.0730. The third kappa shape index (κ3) is 11.7. The molecule has 0 radical (unpaired) electrons. The number of nitrogens with zero attached hydrogens (tertiary/aromatic N) is 4. The molecule has 3 heterocycles. The number of aromatic nitrogens is 4. The van der Waals surface area contributed by atoms with Crippen LogP contribution in [0.15, 0.2) is 68.3 Å². The minimum Gasteiger partial charge on any atom is -0.480 e. The zero-order chi connectivity index (χ0) is 39.3. The van der Waals surface area contributed by atoms with E-state index in [1.807, 2.05) is 30.3 Å². The van der Waals surface area contributed by atoms with Crippen molar-refractivity contribution in [1.82, 2.24) is 30.2 Å². The fourth-order valence-electron chi connectivity index (χ4n) is 4.93. The van der Waals surface area contributed by atoms with Gasteiger partial charge in [-0.05, 0) is 12.5 Å². The number of ether oxygens (including phenoxy) is 3. The second-order valence-electron chi connectivity index (χ2n) is 11.5. The molecule has 1 saturated heterocycles. The summed E-state index contributed by atoms with van der Waals surface area (Å²) in [7, 11) is -4.60. The van der Waals surface area contributed by atoms with Crippen molar-refractivity contribution < 1.29 is 61.4 Å². The Kier molecular flexibility index (Phi) is 14.9. The van der Waals surface area contributed by atoms with Gasteiger partial charge in [0.2, 0.25) is 11.8 Å². The standard InChI is InChI=1S/C33H40N7O13P/c1-5-12-48-33(46)38-23(31(43)37-20(3)32(44)45)16-50-54(47,49-13-6-2)51-17-25-24(52-21(4)41)15-27(53-25)40-19-36-28-29(34-18-35-30(28)40)39-26(42)14-22-10-8-7-9-11-22/h5-11,18-20,23-25,27H,1-2,12-17H2,3-4H3,(H,37,43)(H,38,46)(H,44,45)(H,34,35,39,42)/t20-,23-,24-,25+,27+,54?/m0/s1. The fourth-order valence-corrected chi connectivity index (χ4v) is 6.11. The Morgan fingerprint density at radius 3 is 2.48 bits per heavy atom. The molecule has 1 unspecified atom stereocenters. The third-order valence-corrected chi connectivity index (χ3v) is 8.84. The minimum absolute atomic E-state index is 0.0676. The molecule has 3 amide bonds. The van der Waals surface area contributed by atoms with E-state index in [2.05, 4.69) is 44.1 Å². The van der Waals surface area contributed by atoms with Gasteiger partial charge in [0.15, 0.2) is 17.0 Å². The first-order valence-electron chi connectivity index (χ1n) is 16.4. The normalized spacial score (nSPS) is 18.7. The lowest BCUT2D eigenvalue weighted by Gasteiger charge is -2.24. The summed E-state index contributed by atoms with van der Waals surface area (Å²) in [6, 6.07) is 6.14. The number of imidazole rings is 1. The maximum Gasteiger partial charge on any atom is 0.475 e. The topological polar surface area (TPSA) is 258 Å². The molecule has 0 bridgehead atoms. The molecule has 0 aliphatic carbocycles. The van der Waals surface area contributed by atoms with E-state index in [4.69, 9.17) is 27.8 Å². The molecule has 4 rings (SSSR count). The van der Waals surface area contributed by atoms with Crippen molar-refractivity contribution in [2.45, 2.75) is 57.2 Å². The van der Waals surface area contributed by atoms with Crippen molar-refractivity contribution in [2.75, 3.05) is 31.7 Å². The molecule has 1 fully saturated rings. The van der Waals surface area contributed by atoms with Crippen LogP contribution >= 0.6 is 7.82 Å². The van der Waals surface area contributed by atoms with Crippen LogP contribution in [0.5, 0.6) is 0 Å². The van der Waals surface area contributed by atoms with Gasteiger partial charge < -0.3 is 35.3 Å². The first kappa shape index (κ1) is 41.2. The van der Waals surface area contributed by atoms with Gasteiger partial charge in [0.1, 0.15) is 43.5 Å². The number of alkyl carbamates (subject to hydrolysis) is 1. The molecular weight excluding hydrogens is 733 g/mol. The number of carboxylic acids is 1. The molecular formula is C33H40N7O13P. The number of hydrogen-bond acceptors (Lipinski definition) is 15. The van der Waals surface area contributed by atoms with Gasteiger partial charge in [-0.3, -0.25) is 37.3 Å². The molecule has 54 heavy (non-hydrogen) atoms. The monoisotopic (exact) mass is 773 g/mol. The van der Waals surface area contributed by atoms with Gasteiger partial charge in [-0.25, -0.2) is 24.3 Å². The van der Waals surface area contributed by atoms with Gasteiger partial charge in [0.05, 0.1) is 32.6 Å². The summed E-state index contributed by atoms with van der Waals surface area (Å²) < 4.78 is 48.1. The highest BCUT2D eigenvalue weighted by atomic mass is 31.2. The number of hydrogen-bond donors (Lipinski definition) is 4. The number of amides is 3. The van der Waals surface area contributed by atoms with Crippen molar-refractivity contribution in [2.24, 2.45) is 0 Å². The smallest absolute Gasteiger partial charge is 0.475 e. The summed E-state index contributed by atoms with van der Waals surface area (Å²) in [5.41, 5.74) is 1.36. The Balaban J connectivity index is 1.48. The maximum atomic E-state index is 13.8. The molecule has 2 aromatic heterocycles. The van der Waals surface area contributed by atoms with Crippen LogP contribution in [0, 0.1) is 0 Å². The summed E-state index contributed by atoms with van der Waals surface area (Å²) in [5.74, 6) is -3.17.